The zero-order valence-electron chi connectivity index (χ0n) is 35.1. The predicted octanol–water partition coefficient (Wildman–Crippen LogP) is 11.3. The number of amides is 1. The minimum Gasteiger partial charge on any atom is -0.387 e. The Hall–Kier alpha value is -2.84. The minimum absolute atomic E-state index is 0.0419. The fraction of sp³-hybridized carbons (Fsp3) is 0.587. The van der Waals surface area contributed by atoms with Crippen LogP contribution in [-0.4, -0.2) is 73.4 Å². The summed E-state index contributed by atoms with van der Waals surface area (Å²) in [5, 5.41) is 13.6. The van der Waals surface area contributed by atoms with Gasteiger partial charge in [0.15, 0.2) is 0 Å². The van der Waals surface area contributed by atoms with Crippen molar-refractivity contribution in [2.24, 2.45) is 0 Å². The van der Waals surface area contributed by atoms with Gasteiger partial charge in [0.2, 0.25) is 5.91 Å². The van der Waals surface area contributed by atoms with E-state index in [0.29, 0.717) is 23.9 Å². The Morgan fingerprint density at radius 1 is 0.636 bits per heavy atom. The number of phosphoric ester groups is 1. The van der Waals surface area contributed by atoms with E-state index in [-0.39, 0.29) is 19.1 Å². The van der Waals surface area contributed by atoms with E-state index in [1.165, 1.54) is 6.42 Å². The van der Waals surface area contributed by atoms with Crippen molar-refractivity contribution in [3.8, 4) is 0 Å². The standard InChI is InChI=1S/C46H77N2O6P/c1-6-8-10-12-14-16-17-18-19-20-21-22-23-24-25-26-27-28-29-30-31-32-34-36-38-40-46(50)47-44(43-54-55(51,52)53-42-41-48(3,4)5)45(49)39-37-35-33-15-13-11-9-7-2/h8,10,13-16,18-19,21-22,24-25,27-28,30-31,37,39,44-45,49H,6-7,9,11-12,17,20,23,26,29,32-36,38,40-43H2,1-5H3,(H-,47,50,51,52)/p+1/b10-8-,15-13+,16-14-,19-18-,22-21-,25-24-,28-27-,31-30-,39-37+. The molecular weight excluding hydrogens is 707 g/mol. The van der Waals surface area contributed by atoms with Gasteiger partial charge in [-0.15, -0.1) is 0 Å². The Morgan fingerprint density at radius 2 is 1.11 bits per heavy atom. The molecule has 3 unspecified atom stereocenters. The summed E-state index contributed by atoms with van der Waals surface area (Å²) in [5.41, 5.74) is 0. The van der Waals surface area contributed by atoms with Gasteiger partial charge < -0.3 is 19.8 Å². The molecule has 0 aromatic heterocycles. The third-order valence-electron chi connectivity index (χ3n) is 8.23. The molecule has 55 heavy (non-hydrogen) atoms. The molecule has 0 radical (unpaired) electrons. The number of likely N-dealkylation sites (N-methyl/N-ethyl adjacent to an activating group) is 1. The fourth-order valence-electron chi connectivity index (χ4n) is 4.90. The van der Waals surface area contributed by atoms with Gasteiger partial charge in [0.1, 0.15) is 13.2 Å². The van der Waals surface area contributed by atoms with Crippen molar-refractivity contribution < 1.29 is 32.9 Å². The number of carbonyl (C=O) groups is 1. The summed E-state index contributed by atoms with van der Waals surface area (Å²) in [7, 11) is 1.50. The Bertz CT molecular complexity index is 1260. The summed E-state index contributed by atoms with van der Waals surface area (Å²) in [6.07, 6.45) is 53.2. The highest BCUT2D eigenvalue weighted by molar-refractivity contribution is 7.47. The minimum atomic E-state index is -4.35. The number of aliphatic hydroxyl groups is 1. The summed E-state index contributed by atoms with van der Waals surface area (Å²) < 4.78 is 23.4. The van der Waals surface area contributed by atoms with Crippen LogP contribution in [0.4, 0.5) is 0 Å². The van der Waals surface area contributed by atoms with Gasteiger partial charge in [-0.25, -0.2) is 4.57 Å². The van der Waals surface area contributed by atoms with Crippen molar-refractivity contribution in [1.29, 1.82) is 0 Å². The molecule has 0 rings (SSSR count). The first kappa shape index (κ1) is 52.2. The van der Waals surface area contributed by atoms with Crippen molar-refractivity contribution in [2.75, 3.05) is 40.9 Å². The first-order valence-corrected chi connectivity index (χ1v) is 22.3. The largest absolute Gasteiger partial charge is 0.472 e. The van der Waals surface area contributed by atoms with Crippen LogP contribution >= 0.6 is 7.82 Å². The second-order valence-electron chi connectivity index (χ2n) is 14.6. The summed E-state index contributed by atoms with van der Waals surface area (Å²) >= 11 is 0. The zero-order valence-corrected chi connectivity index (χ0v) is 36.0. The van der Waals surface area contributed by atoms with Crippen molar-refractivity contribution in [1.82, 2.24) is 5.32 Å². The Kier molecular flexibility index (Phi) is 34.9. The molecule has 0 spiro atoms. The number of carbonyl (C=O) groups excluding carboxylic acids is 1. The number of quaternary nitrogens is 1. The zero-order chi connectivity index (χ0) is 40.7. The van der Waals surface area contributed by atoms with E-state index in [0.717, 1.165) is 89.9 Å². The molecule has 0 saturated heterocycles. The average Bonchev–Trinajstić information content (AvgIpc) is 3.13. The number of allylic oxidation sites excluding steroid dienone is 17. The van der Waals surface area contributed by atoms with E-state index >= 15 is 0 Å². The molecule has 0 aliphatic rings. The second kappa shape index (κ2) is 36.8. The lowest BCUT2D eigenvalue weighted by Gasteiger charge is -2.25. The highest BCUT2D eigenvalue weighted by Gasteiger charge is 2.27. The van der Waals surface area contributed by atoms with Gasteiger partial charge in [-0.2, -0.15) is 0 Å². The molecule has 1 amide bonds. The van der Waals surface area contributed by atoms with Crippen LogP contribution in [0.5, 0.6) is 0 Å². The molecule has 0 fully saturated rings. The lowest BCUT2D eigenvalue weighted by molar-refractivity contribution is -0.870. The van der Waals surface area contributed by atoms with Gasteiger partial charge >= 0.3 is 7.82 Å². The van der Waals surface area contributed by atoms with Crippen LogP contribution in [0.25, 0.3) is 0 Å². The highest BCUT2D eigenvalue weighted by Crippen LogP contribution is 2.43. The molecule has 0 bridgehead atoms. The summed E-state index contributed by atoms with van der Waals surface area (Å²) in [5.74, 6) is -0.230. The smallest absolute Gasteiger partial charge is 0.387 e. The summed E-state index contributed by atoms with van der Waals surface area (Å²) in [6, 6.07) is -0.886. The van der Waals surface area contributed by atoms with E-state index in [1.54, 1.807) is 6.08 Å². The number of aliphatic hydroxyl groups excluding tert-OH is 1. The maximum Gasteiger partial charge on any atom is 0.472 e. The van der Waals surface area contributed by atoms with E-state index < -0.39 is 20.0 Å². The van der Waals surface area contributed by atoms with Crippen molar-refractivity contribution in [2.45, 2.75) is 135 Å². The number of hydrogen-bond acceptors (Lipinski definition) is 5. The van der Waals surface area contributed by atoms with E-state index in [1.807, 2.05) is 27.2 Å². The topological polar surface area (TPSA) is 105 Å². The lowest BCUT2D eigenvalue weighted by atomic mass is 10.1. The number of unbranched alkanes of at least 4 members (excludes halogenated alkanes) is 6. The number of nitrogens with one attached hydrogen (secondary N) is 1. The van der Waals surface area contributed by atoms with Crippen LogP contribution in [-0.2, 0) is 18.4 Å². The fourth-order valence-corrected chi connectivity index (χ4v) is 5.64. The van der Waals surface area contributed by atoms with Crippen LogP contribution < -0.4 is 5.32 Å². The van der Waals surface area contributed by atoms with Crippen molar-refractivity contribution in [3.63, 3.8) is 0 Å². The molecule has 3 N–H and O–H groups in total. The van der Waals surface area contributed by atoms with Crippen LogP contribution in [0.1, 0.15) is 123 Å². The van der Waals surface area contributed by atoms with Gasteiger partial charge in [-0.3, -0.25) is 13.8 Å². The van der Waals surface area contributed by atoms with Gasteiger partial charge in [-0.1, -0.05) is 142 Å². The quantitative estimate of drug-likeness (QED) is 0.0256. The molecule has 312 valence electrons. The van der Waals surface area contributed by atoms with Gasteiger partial charge in [0, 0.05) is 6.42 Å². The summed E-state index contributed by atoms with van der Waals surface area (Å²) in [6.45, 7) is 4.53. The maximum atomic E-state index is 12.8. The van der Waals surface area contributed by atoms with Crippen molar-refractivity contribution >= 4 is 13.7 Å². The van der Waals surface area contributed by atoms with E-state index in [9.17, 15) is 19.4 Å². The van der Waals surface area contributed by atoms with Gasteiger partial charge in [0.05, 0.1) is 39.9 Å². The molecule has 8 nitrogen and oxygen atoms in total. The molecule has 0 saturated carbocycles. The molecule has 3 atom stereocenters. The molecular formula is C46H78N2O6P+. The SMILES string of the molecule is CC/C=C\C/C=C\C/C=C\C/C=C\C/C=C\C/C=C\C/C=C\CCCCCC(=O)NC(COP(=O)(O)OCC[N+](C)(C)C)C(O)/C=C/CC/C=C/CCCC. The lowest BCUT2D eigenvalue weighted by Crippen LogP contribution is -2.45. The molecule has 0 aliphatic carbocycles. The van der Waals surface area contributed by atoms with Crippen LogP contribution in [0.3, 0.4) is 0 Å². The molecule has 0 heterocycles. The van der Waals surface area contributed by atoms with E-state index in [4.69, 9.17) is 9.05 Å². The monoisotopic (exact) mass is 786 g/mol. The van der Waals surface area contributed by atoms with Gasteiger partial charge in [0.25, 0.3) is 0 Å². The summed E-state index contributed by atoms with van der Waals surface area (Å²) in [4.78, 5) is 23.0. The van der Waals surface area contributed by atoms with Crippen LogP contribution in [0.2, 0.25) is 0 Å². The molecule has 9 heteroatoms. The van der Waals surface area contributed by atoms with E-state index in [2.05, 4.69) is 116 Å². The third kappa shape index (κ3) is 39.2. The predicted molar refractivity (Wildman–Crippen MR) is 235 cm³/mol. The van der Waals surface area contributed by atoms with Crippen LogP contribution in [0.15, 0.2) is 109 Å². The normalized spacial score (nSPS) is 15.5. The highest BCUT2D eigenvalue weighted by atomic mass is 31.2. The maximum absolute atomic E-state index is 12.8. The third-order valence-corrected chi connectivity index (χ3v) is 9.21. The first-order valence-electron chi connectivity index (χ1n) is 20.8. The number of rotatable bonds is 35. The molecule has 0 aromatic carbocycles. The molecule has 0 aliphatic heterocycles. The number of phosphoric acid groups is 1. The Balaban J connectivity index is 4.41. The van der Waals surface area contributed by atoms with Gasteiger partial charge in [-0.05, 0) is 83.5 Å². The Morgan fingerprint density at radius 3 is 1.64 bits per heavy atom. The number of nitrogens with zero attached hydrogens (tertiary/aromatic N) is 1. The molecule has 0 aromatic rings. The van der Waals surface area contributed by atoms with Crippen molar-refractivity contribution in [3.05, 3.63) is 109 Å². The number of hydrogen-bond donors (Lipinski definition) is 3. The van der Waals surface area contributed by atoms with Crippen LogP contribution in [0, 0.1) is 0 Å². The first-order chi connectivity index (χ1) is 26.5. The Labute approximate surface area is 336 Å². The second-order valence-corrected chi connectivity index (χ2v) is 16.1. The average molecular weight is 786 g/mol.